The number of alkyl halides is 6. The molecule has 3 atom stereocenters. The highest BCUT2D eigenvalue weighted by Gasteiger charge is 2.38. The summed E-state index contributed by atoms with van der Waals surface area (Å²) in [6.45, 7) is 0.0719. The van der Waals surface area contributed by atoms with Gasteiger partial charge in [-0.1, -0.05) is 30.3 Å². The minimum absolute atomic E-state index is 0.0377. The van der Waals surface area contributed by atoms with Crippen LogP contribution in [0.25, 0.3) is 0 Å². The van der Waals surface area contributed by atoms with Gasteiger partial charge in [0.05, 0.1) is 37.2 Å². The Morgan fingerprint density at radius 2 is 1.56 bits per heavy atom. The van der Waals surface area contributed by atoms with Crippen molar-refractivity contribution in [3.05, 3.63) is 70.8 Å². The monoisotopic (exact) mass is 540 g/mol. The van der Waals surface area contributed by atoms with Crippen LogP contribution in [0.3, 0.4) is 0 Å². The molecule has 2 aromatic carbocycles. The summed E-state index contributed by atoms with van der Waals surface area (Å²) in [4.78, 5) is 0. The number of halogens is 6. The van der Waals surface area contributed by atoms with Gasteiger partial charge in [0.25, 0.3) is 10.1 Å². The second kappa shape index (κ2) is 11.5. The van der Waals surface area contributed by atoms with Crippen LogP contribution in [0.2, 0.25) is 0 Å². The lowest BCUT2D eigenvalue weighted by Gasteiger charge is -2.38. The first-order valence-electron chi connectivity index (χ1n) is 11.1. The molecule has 1 aliphatic heterocycles. The van der Waals surface area contributed by atoms with Crippen molar-refractivity contribution >= 4 is 10.1 Å². The first kappa shape index (κ1) is 28.4. The average molecular weight is 541 g/mol. The van der Waals surface area contributed by atoms with Gasteiger partial charge >= 0.3 is 12.4 Å². The normalized spacial score (nSPS) is 21.5. The van der Waals surface area contributed by atoms with Gasteiger partial charge in [-0.3, -0.25) is 4.18 Å². The fraction of sp³-hybridized carbons (Fsp3) is 0.500. The van der Waals surface area contributed by atoms with Crippen LogP contribution in [0.4, 0.5) is 26.3 Å². The van der Waals surface area contributed by atoms with E-state index >= 15 is 0 Å². The maximum Gasteiger partial charge on any atom is 0.416 e. The highest BCUT2D eigenvalue weighted by atomic mass is 32.2. The zero-order valence-electron chi connectivity index (χ0n) is 19.3. The highest BCUT2D eigenvalue weighted by Crippen LogP contribution is 2.39. The van der Waals surface area contributed by atoms with Gasteiger partial charge in [-0.2, -0.15) is 34.8 Å². The molecule has 3 rings (SSSR count). The molecule has 200 valence electrons. The van der Waals surface area contributed by atoms with Gasteiger partial charge < -0.3 is 9.47 Å². The van der Waals surface area contributed by atoms with Crippen molar-refractivity contribution in [1.29, 1.82) is 0 Å². The SMILES string of the molecule is CS(=O)(=O)OCC[C@@H]1CCO[C@H](OCCc2cc(C(F)(F)F)cc(C(F)(F)F)c2)[C@H]1c1ccccc1. The van der Waals surface area contributed by atoms with E-state index in [1.165, 1.54) is 0 Å². The predicted molar refractivity (Wildman–Crippen MR) is 119 cm³/mol. The van der Waals surface area contributed by atoms with E-state index in [-0.39, 0.29) is 43.1 Å². The van der Waals surface area contributed by atoms with Gasteiger partial charge in [-0.05, 0) is 54.5 Å². The van der Waals surface area contributed by atoms with Gasteiger partial charge in [0.1, 0.15) is 0 Å². The third-order valence-corrected chi connectivity index (χ3v) is 6.46. The van der Waals surface area contributed by atoms with Crippen LogP contribution in [-0.4, -0.2) is 40.8 Å². The number of hydrogen-bond acceptors (Lipinski definition) is 5. The van der Waals surface area contributed by atoms with E-state index < -0.39 is 39.9 Å². The summed E-state index contributed by atoms with van der Waals surface area (Å²) in [5, 5.41) is 0. The largest absolute Gasteiger partial charge is 0.416 e. The Labute approximate surface area is 205 Å². The molecule has 5 nitrogen and oxygen atoms in total. The molecule has 0 aromatic heterocycles. The van der Waals surface area contributed by atoms with E-state index in [1.54, 1.807) is 0 Å². The zero-order valence-corrected chi connectivity index (χ0v) is 20.1. The molecular formula is C24H26F6O5S. The molecule has 36 heavy (non-hydrogen) atoms. The van der Waals surface area contributed by atoms with Crippen LogP contribution >= 0.6 is 0 Å². The maximum absolute atomic E-state index is 13.1. The minimum Gasteiger partial charge on any atom is -0.352 e. The van der Waals surface area contributed by atoms with Crippen molar-refractivity contribution in [2.45, 2.75) is 43.8 Å². The van der Waals surface area contributed by atoms with Gasteiger partial charge in [0.2, 0.25) is 0 Å². The zero-order chi connectivity index (χ0) is 26.6. The Bertz CT molecular complexity index is 1070. The molecule has 0 radical (unpaired) electrons. The lowest BCUT2D eigenvalue weighted by atomic mass is 9.80. The number of ether oxygens (including phenoxy) is 2. The molecule has 2 aromatic rings. The molecule has 12 heteroatoms. The molecule has 1 aliphatic rings. The van der Waals surface area contributed by atoms with Crippen LogP contribution < -0.4 is 0 Å². The first-order valence-corrected chi connectivity index (χ1v) is 13.0. The van der Waals surface area contributed by atoms with E-state index in [2.05, 4.69) is 0 Å². The molecule has 0 aliphatic carbocycles. The number of rotatable bonds is 9. The lowest BCUT2D eigenvalue weighted by molar-refractivity contribution is -0.188. The van der Waals surface area contributed by atoms with E-state index in [9.17, 15) is 34.8 Å². The van der Waals surface area contributed by atoms with Crippen molar-refractivity contribution in [2.24, 2.45) is 5.92 Å². The Kier molecular flexibility index (Phi) is 9.07. The summed E-state index contributed by atoms with van der Waals surface area (Å²) in [5.74, 6) is -0.423. The molecule has 0 N–H and O–H groups in total. The van der Waals surface area contributed by atoms with Gasteiger partial charge in [-0.15, -0.1) is 0 Å². The molecule has 0 saturated carbocycles. The van der Waals surface area contributed by atoms with Crippen molar-refractivity contribution in [3.63, 3.8) is 0 Å². The van der Waals surface area contributed by atoms with Gasteiger partial charge in [0.15, 0.2) is 6.29 Å². The molecule has 1 heterocycles. The molecule has 0 amide bonds. The predicted octanol–water partition coefficient (Wildman–Crippen LogP) is 5.80. The summed E-state index contributed by atoms with van der Waals surface area (Å²) in [6, 6.07) is 10.6. The second-order valence-corrected chi connectivity index (χ2v) is 10.2. The van der Waals surface area contributed by atoms with E-state index in [1.807, 2.05) is 30.3 Å². The van der Waals surface area contributed by atoms with Gasteiger partial charge in [0, 0.05) is 5.92 Å². The van der Waals surface area contributed by atoms with Gasteiger partial charge in [-0.25, -0.2) is 0 Å². The van der Waals surface area contributed by atoms with Crippen LogP contribution in [0.1, 0.15) is 41.0 Å². The quantitative estimate of drug-likeness (QED) is 0.298. The standard InChI is InChI=1S/C24H26F6O5S/c1-36(31,32)35-12-9-18-8-11-34-22(21(18)17-5-3-2-4-6-17)33-10-7-16-13-19(23(25,26)27)15-20(14-16)24(28,29)30/h2-6,13-15,18,21-22H,7-12H2,1H3/t18-,21-,22-/m0/s1. The van der Waals surface area contributed by atoms with Crippen LogP contribution in [-0.2, 0) is 42.5 Å². The van der Waals surface area contributed by atoms with Crippen LogP contribution in [0, 0.1) is 5.92 Å². The molecule has 1 saturated heterocycles. The van der Waals surface area contributed by atoms with E-state index in [4.69, 9.17) is 13.7 Å². The third-order valence-electron chi connectivity index (χ3n) is 5.86. The van der Waals surface area contributed by atoms with Crippen molar-refractivity contribution in [2.75, 3.05) is 26.1 Å². The second-order valence-electron chi connectivity index (χ2n) is 8.57. The summed E-state index contributed by atoms with van der Waals surface area (Å²) < 4.78 is 118. The van der Waals surface area contributed by atoms with Crippen LogP contribution in [0.15, 0.2) is 48.5 Å². The fourth-order valence-corrected chi connectivity index (χ4v) is 4.63. The summed E-state index contributed by atoms with van der Waals surface area (Å²) in [5.41, 5.74) is -2.07. The molecule has 0 unspecified atom stereocenters. The summed E-state index contributed by atoms with van der Waals surface area (Å²) >= 11 is 0. The Hall–Kier alpha value is -2.15. The fourth-order valence-electron chi connectivity index (χ4n) is 4.23. The smallest absolute Gasteiger partial charge is 0.352 e. The summed E-state index contributed by atoms with van der Waals surface area (Å²) in [6.07, 6.45) is -8.94. The molecule has 0 spiro atoms. The first-order chi connectivity index (χ1) is 16.7. The lowest BCUT2D eigenvalue weighted by Crippen LogP contribution is -2.37. The topological polar surface area (TPSA) is 61.8 Å². The third kappa shape index (κ3) is 8.19. The number of benzene rings is 2. The highest BCUT2D eigenvalue weighted by molar-refractivity contribution is 7.85. The van der Waals surface area contributed by atoms with E-state index in [0.717, 1.165) is 11.8 Å². The summed E-state index contributed by atoms with van der Waals surface area (Å²) in [7, 11) is -3.62. The minimum atomic E-state index is -4.93. The number of hydrogen-bond donors (Lipinski definition) is 0. The maximum atomic E-state index is 13.1. The van der Waals surface area contributed by atoms with Crippen molar-refractivity contribution in [3.8, 4) is 0 Å². The van der Waals surface area contributed by atoms with Crippen molar-refractivity contribution in [1.82, 2.24) is 0 Å². The molecular weight excluding hydrogens is 514 g/mol. The molecule has 0 bridgehead atoms. The Morgan fingerprint density at radius 1 is 0.944 bits per heavy atom. The van der Waals surface area contributed by atoms with Crippen molar-refractivity contribution < 1.29 is 48.4 Å². The van der Waals surface area contributed by atoms with Crippen LogP contribution in [0.5, 0.6) is 0 Å². The van der Waals surface area contributed by atoms with E-state index in [0.29, 0.717) is 31.6 Å². The average Bonchev–Trinajstić information content (AvgIpc) is 2.77. The Morgan fingerprint density at radius 3 is 2.11 bits per heavy atom. The molecule has 1 fully saturated rings. The Balaban J connectivity index is 1.75.